The average molecular weight is 734 g/mol. The van der Waals surface area contributed by atoms with Gasteiger partial charge in [-0.25, -0.2) is 0 Å². The minimum absolute atomic E-state index is 0.000372. The molecule has 0 radical (unpaired) electrons. The van der Waals surface area contributed by atoms with Crippen LogP contribution in [0.1, 0.15) is 92.7 Å². The van der Waals surface area contributed by atoms with Gasteiger partial charge in [-0.1, -0.05) is 85.2 Å². The maximum absolute atomic E-state index is 14.1. The van der Waals surface area contributed by atoms with E-state index in [1.54, 1.807) is 37.8 Å². The number of nitrogens with zero attached hydrogens (tertiary/aromatic N) is 3. The number of amides is 4. The molecular formula is C39H67N5O8. The fraction of sp³-hybridized carbons (Fsp3) is 0.744. The molecule has 1 aliphatic rings. The maximum atomic E-state index is 14.1. The van der Waals surface area contributed by atoms with Crippen molar-refractivity contribution in [3.05, 3.63) is 35.9 Å². The Balaban J connectivity index is 2.25. The van der Waals surface area contributed by atoms with Crippen LogP contribution < -0.4 is 10.6 Å². The van der Waals surface area contributed by atoms with Crippen LogP contribution in [0.15, 0.2) is 30.3 Å². The first-order valence-corrected chi connectivity index (χ1v) is 18.8. The molecule has 13 nitrogen and oxygen atoms in total. The summed E-state index contributed by atoms with van der Waals surface area (Å²) in [6.07, 6.45) is -0.0211. The zero-order valence-corrected chi connectivity index (χ0v) is 33.5. The Labute approximate surface area is 311 Å². The summed E-state index contributed by atoms with van der Waals surface area (Å²) >= 11 is 0. The molecule has 1 aliphatic heterocycles. The molecule has 52 heavy (non-hydrogen) atoms. The first-order valence-electron chi connectivity index (χ1n) is 18.8. The standard InChI is InChI=1S/C39H67N5O8/c1-13-25(6)34(42(9)39(49)32(23(2)3)41-38(48)33(24(4)5)43(10)50)30(51-11)22-31(45)44-21-17-20-29(44)36(52-12)26(7)37(47)40-27(8)35(46)28-18-15-14-16-19-28/h14-16,18-19,23-27,29-30,32-36,46,50H,13,17,20-22H2,1-12H3,(H,40,47)(H,41,48)/t25-,26+,27?,29-,30?,32-,33-,34-,35+,36+/m0/s1. The molecule has 10 atom stereocenters. The second kappa shape index (κ2) is 21.0. The molecule has 1 aromatic carbocycles. The monoisotopic (exact) mass is 733 g/mol. The van der Waals surface area contributed by atoms with Crippen molar-refractivity contribution in [2.45, 2.75) is 130 Å². The van der Waals surface area contributed by atoms with Crippen LogP contribution in [0, 0.1) is 23.7 Å². The molecule has 0 aromatic heterocycles. The van der Waals surface area contributed by atoms with E-state index in [0.717, 1.165) is 11.5 Å². The van der Waals surface area contributed by atoms with Gasteiger partial charge in [-0.2, -0.15) is 5.06 Å². The summed E-state index contributed by atoms with van der Waals surface area (Å²) in [5.41, 5.74) is 0.702. The van der Waals surface area contributed by atoms with Gasteiger partial charge in [-0.3, -0.25) is 19.2 Å². The number of methoxy groups -OCH3 is 2. The SMILES string of the molecule is CC[C@H](C)[C@@H](C(CC(=O)N1CCC[C@H]1[C@H](OC)[C@@H](C)C(=O)NC(C)[C@@H](O)c1ccccc1)OC)N(C)C(=O)[C@@H](NC(=O)[C@H](C(C)C)N(C)O)C(C)C. The fourth-order valence-electron chi connectivity index (χ4n) is 7.56. The maximum Gasteiger partial charge on any atom is 0.245 e. The molecule has 4 amide bonds. The molecule has 0 saturated carbocycles. The van der Waals surface area contributed by atoms with E-state index < -0.39 is 54.3 Å². The lowest BCUT2D eigenvalue weighted by atomic mass is 9.89. The number of ether oxygens (including phenoxy) is 2. The molecule has 1 aromatic rings. The first kappa shape index (κ1) is 45.1. The van der Waals surface area contributed by atoms with Gasteiger partial charge in [0.1, 0.15) is 12.1 Å². The number of hydrogen-bond acceptors (Lipinski definition) is 9. The number of nitrogens with one attached hydrogen (secondary N) is 2. The minimum Gasteiger partial charge on any atom is -0.386 e. The highest BCUT2D eigenvalue weighted by Gasteiger charge is 2.43. The van der Waals surface area contributed by atoms with Crippen LogP contribution >= 0.6 is 0 Å². The fourth-order valence-corrected chi connectivity index (χ4v) is 7.56. The van der Waals surface area contributed by atoms with Crippen LogP contribution in [0.25, 0.3) is 0 Å². The summed E-state index contributed by atoms with van der Waals surface area (Å²) in [5.74, 6) is -2.33. The van der Waals surface area contributed by atoms with E-state index in [9.17, 15) is 29.5 Å². The lowest BCUT2D eigenvalue weighted by molar-refractivity contribution is -0.156. The molecule has 1 saturated heterocycles. The van der Waals surface area contributed by atoms with Gasteiger partial charge in [-0.05, 0) is 43.1 Å². The summed E-state index contributed by atoms with van der Waals surface area (Å²) in [4.78, 5) is 58.3. The van der Waals surface area contributed by atoms with Crippen molar-refractivity contribution >= 4 is 23.6 Å². The van der Waals surface area contributed by atoms with E-state index in [-0.39, 0.29) is 47.9 Å². The zero-order valence-electron chi connectivity index (χ0n) is 33.5. The van der Waals surface area contributed by atoms with Crippen molar-refractivity contribution in [2.24, 2.45) is 23.7 Å². The van der Waals surface area contributed by atoms with Crippen LogP contribution in [-0.4, -0.2) is 126 Å². The summed E-state index contributed by atoms with van der Waals surface area (Å²) in [5, 5.41) is 27.6. The number of carbonyl (C=O) groups is 4. The lowest BCUT2D eigenvalue weighted by Gasteiger charge is -2.41. The number of hydroxylamine groups is 2. The largest absolute Gasteiger partial charge is 0.386 e. The third kappa shape index (κ3) is 11.4. The number of likely N-dealkylation sites (N-methyl/N-ethyl adjacent to an activating group) is 2. The highest BCUT2D eigenvalue weighted by molar-refractivity contribution is 5.90. The number of likely N-dealkylation sites (tertiary alicyclic amines) is 1. The third-order valence-electron chi connectivity index (χ3n) is 10.8. The average Bonchev–Trinajstić information content (AvgIpc) is 3.59. The van der Waals surface area contributed by atoms with Crippen molar-refractivity contribution in [3.63, 3.8) is 0 Å². The topological polar surface area (TPSA) is 161 Å². The van der Waals surface area contributed by atoms with E-state index >= 15 is 0 Å². The Kier molecular flexibility index (Phi) is 18.2. The van der Waals surface area contributed by atoms with Gasteiger partial charge < -0.3 is 40.2 Å². The minimum atomic E-state index is -0.886. The number of rotatable bonds is 20. The van der Waals surface area contributed by atoms with Gasteiger partial charge in [0.25, 0.3) is 0 Å². The van der Waals surface area contributed by atoms with Gasteiger partial charge in [-0.15, -0.1) is 0 Å². The number of benzene rings is 1. The predicted molar refractivity (Wildman–Crippen MR) is 200 cm³/mol. The molecule has 4 N–H and O–H groups in total. The van der Waals surface area contributed by atoms with Gasteiger partial charge in [0, 0.05) is 34.9 Å². The second-order valence-corrected chi connectivity index (χ2v) is 15.2. The molecule has 1 fully saturated rings. The Morgan fingerprint density at radius 2 is 1.54 bits per heavy atom. The predicted octanol–water partition coefficient (Wildman–Crippen LogP) is 3.63. The number of carbonyl (C=O) groups excluding carboxylic acids is 4. The van der Waals surface area contributed by atoms with E-state index in [2.05, 4.69) is 10.6 Å². The van der Waals surface area contributed by atoms with Gasteiger partial charge in [0.2, 0.25) is 23.6 Å². The quantitative estimate of drug-likeness (QED) is 0.147. The number of aliphatic hydroxyl groups is 1. The van der Waals surface area contributed by atoms with Crippen molar-refractivity contribution in [1.82, 2.24) is 25.5 Å². The Morgan fingerprint density at radius 3 is 2.04 bits per heavy atom. The summed E-state index contributed by atoms with van der Waals surface area (Å²) < 4.78 is 11.9. The molecular weight excluding hydrogens is 666 g/mol. The molecule has 296 valence electrons. The zero-order chi connectivity index (χ0) is 39.4. The summed E-state index contributed by atoms with van der Waals surface area (Å²) in [6.45, 7) is 15.4. The normalized spacial score (nSPS) is 20.1. The van der Waals surface area contributed by atoms with E-state index in [1.807, 2.05) is 71.9 Å². The Morgan fingerprint density at radius 1 is 0.923 bits per heavy atom. The van der Waals surface area contributed by atoms with Gasteiger partial charge in [0.05, 0.1) is 48.8 Å². The van der Waals surface area contributed by atoms with Crippen molar-refractivity contribution < 1.29 is 39.0 Å². The lowest BCUT2D eigenvalue weighted by Crippen LogP contribution is -2.59. The molecule has 0 aliphatic carbocycles. The van der Waals surface area contributed by atoms with Crippen LogP contribution in [0.5, 0.6) is 0 Å². The van der Waals surface area contributed by atoms with Crippen molar-refractivity contribution in [2.75, 3.05) is 34.9 Å². The van der Waals surface area contributed by atoms with Crippen LogP contribution in [-0.2, 0) is 28.7 Å². The molecule has 1 heterocycles. The van der Waals surface area contributed by atoms with Gasteiger partial charge in [0.15, 0.2) is 0 Å². The van der Waals surface area contributed by atoms with Crippen molar-refractivity contribution in [3.8, 4) is 0 Å². The highest BCUT2D eigenvalue weighted by Crippen LogP contribution is 2.30. The van der Waals surface area contributed by atoms with E-state index in [1.165, 1.54) is 14.2 Å². The molecule has 13 heteroatoms. The summed E-state index contributed by atoms with van der Waals surface area (Å²) in [7, 11) is 6.18. The molecule has 0 spiro atoms. The Bertz CT molecular complexity index is 1270. The summed E-state index contributed by atoms with van der Waals surface area (Å²) in [6, 6.07) is 6.05. The first-order chi connectivity index (χ1) is 24.4. The second-order valence-electron chi connectivity index (χ2n) is 15.2. The van der Waals surface area contributed by atoms with Gasteiger partial charge >= 0.3 is 0 Å². The van der Waals surface area contributed by atoms with Crippen molar-refractivity contribution in [1.29, 1.82) is 0 Å². The number of hydrogen-bond donors (Lipinski definition) is 4. The van der Waals surface area contributed by atoms with Crippen LogP contribution in [0.2, 0.25) is 0 Å². The van der Waals surface area contributed by atoms with E-state index in [4.69, 9.17) is 9.47 Å². The van der Waals surface area contributed by atoms with E-state index in [0.29, 0.717) is 24.9 Å². The molecule has 2 unspecified atom stereocenters. The third-order valence-corrected chi connectivity index (χ3v) is 10.8. The molecule has 0 bridgehead atoms. The smallest absolute Gasteiger partial charge is 0.245 e. The van der Waals surface area contributed by atoms with Crippen LogP contribution in [0.3, 0.4) is 0 Å². The van der Waals surface area contributed by atoms with Crippen LogP contribution in [0.4, 0.5) is 0 Å². The number of aliphatic hydroxyl groups excluding tert-OH is 1. The highest BCUT2D eigenvalue weighted by atomic mass is 16.5. The molecule has 2 rings (SSSR count). The Hall–Kier alpha value is -3.10.